The number of carbonyl (C=O) groups excluding carboxylic acids is 1. The standard InChI is InChI=1S/C16H19NO4/c18-16(13-9-11-14(12-10-13)17(19)20)21-15-7-5-3-1-2-4-6-8-15/h5,7,9-12,15H,1-4,6,8H2/b7-5-/t15-/m1/s1. The number of rotatable bonds is 3. The van der Waals surface area contributed by atoms with Crippen LogP contribution >= 0.6 is 0 Å². The minimum absolute atomic E-state index is 0.0334. The Morgan fingerprint density at radius 2 is 1.86 bits per heavy atom. The van der Waals surface area contributed by atoms with E-state index < -0.39 is 10.9 Å². The van der Waals surface area contributed by atoms with E-state index in [1.165, 1.54) is 37.1 Å². The number of hydrogen-bond acceptors (Lipinski definition) is 4. The molecule has 0 heterocycles. The highest BCUT2D eigenvalue weighted by molar-refractivity contribution is 5.89. The van der Waals surface area contributed by atoms with Crippen molar-refractivity contribution in [2.24, 2.45) is 0 Å². The first-order valence-corrected chi connectivity index (χ1v) is 7.29. The zero-order chi connectivity index (χ0) is 15.1. The Bertz CT molecular complexity index is 522. The molecule has 1 aromatic rings. The fourth-order valence-electron chi connectivity index (χ4n) is 2.33. The van der Waals surface area contributed by atoms with E-state index in [1.807, 2.05) is 6.08 Å². The number of nitro benzene ring substituents is 1. The number of nitrogens with zero attached hydrogens (tertiary/aromatic N) is 1. The first-order valence-electron chi connectivity index (χ1n) is 7.29. The SMILES string of the molecule is O=C(O[C@@H]1/C=C\CCCCCC1)c1ccc([N+](=O)[O-])cc1. The van der Waals surface area contributed by atoms with Crippen LogP contribution < -0.4 is 0 Å². The molecule has 1 aliphatic carbocycles. The third-order valence-corrected chi connectivity index (χ3v) is 3.53. The second kappa shape index (κ2) is 7.57. The molecule has 0 N–H and O–H groups in total. The van der Waals surface area contributed by atoms with Crippen LogP contribution in [0.15, 0.2) is 36.4 Å². The number of ether oxygens (including phenoxy) is 1. The van der Waals surface area contributed by atoms with E-state index in [4.69, 9.17) is 4.74 Å². The summed E-state index contributed by atoms with van der Waals surface area (Å²) in [6, 6.07) is 5.49. The summed E-state index contributed by atoms with van der Waals surface area (Å²) < 4.78 is 5.47. The van der Waals surface area contributed by atoms with Gasteiger partial charge in [-0.05, 0) is 43.9 Å². The molecule has 0 saturated heterocycles. The van der Waals surface area contributed by atoms with Gasteiger partial charge >= 0.3 is 5.97 Å². The van der Waals surface area contributed by atoms with Crippen LogP contribution in [0, 0.1) is 10.1 Å². The maximum absolute atomic E-state index is 12.1. The summed E-state index contributed by atoms with van der Waals surface area (Å²) in [4.78, 5) is 22.1. The third kappa shape index (κ3) is 4.70. The fraction of sp³-hybridized carbons (Fsp3) is 0.438. The lowest BCUT2D eigenvalue weighted by Gasteiger charge is -2.13. The van der Waals surface area contributed by atoms with Crippen molar-refractivity contribution in [2.75, 3.05) is 0 Å². The normalized spacial score (nSPS) is 20.7. The van der Waals surface area contributed by atoms with Crippen molar-refractivity contribution >= 4 is 11.7 Å². The van der Waals surface area contributed by atoms with Crippen molar-refractivity contribution in [2.45, 2.75) is 44.6 Å². The highest BCUT2D eigenvalue weighted by atomic mass is 16.6. The Labute approximate surface area is 123 Å². The van der Waals surface area contributed by atoms with Crippen LogP contribution in [0.25, 0.3) is 0 Å². The van der Waals surface area contributed by atoms with E-state index in [0.717, 1.165) is 25.7 Å². The molecule has 1 atom stereocenters. The lowest BCUT2D eigenvalue weighted by molar-refractivity contribution is -0.384. The number of hydrogen-bond donors (Lipinski definition) is 0. The second-order valence-electron chi connectivity index (χ2n) is 5.17. The van der Waals surface area contributed by atoms with Crippen LogP contribution in [0.2, 0.25) is 0 Å². The fourth-order valence-corrected chi connectivity index (χ4v) is 2.33. The van der Waals surface area contributed by atoms with E-state index >= 15 is 0 Å². The van der Waals surface area contributed by atoms with Gasteiger partial charge in [0.2, 0.25) is 0 Å². The molecule has 0 aliphatic heterocycles. The number of benzene rings is 1. The molecule has 0 amide bonds. The summed E-state index contributed by atoms with van der Waals surface area (Å²) >= 11 is 0. The third-order valence-electron chi connectivity index (χ3n) is 3.53. The van der Waals surface area contributed by atoms with Gasteiger partial charge in [0, 0.05) is 12.1 Å². The summed E-state index contributed by atoms with van der Waals surface area (Å²) in [5.74, 6) is -0.432. The Balaban J connectivity index is 1.98. The topological polar surface area (TPSA) is 69.4 Å². The molecule has 0 radical (unpaired) electrons. The van der Waals surface area contributed by atoms with Crippen molar-refractivity contribution < 1.29 is 14.5 Å². The number of allylic oxidation sites excluding steroid dienone is 1. The molecule has 0 bridgehead atoms. The Hall–Kier alpha value is -2.17. The number of esters is 1. The van der Waals surface area contributed by atoms with Crippen LogP contribution in [-0.2, 0) is 4.74 Å². The first-order chi connectivity index (χ1) is 10.2. The molecule has 5 heteroatoms. The Kier molecular flexibility index (Phi) is 5.49. The van der Waals surface area contributed by atoms with Crippen LogP contribution in [0.3, 0.4) is 0 Å². The van der Waals surface area contributed by atoms with Crippen molar-refractivity contribution in [1.82, 2.24) is 0 Å². The quantitative estimate of drug-likeness (QED) is 0.364. The lowest BCUT2D eigenvalue weighted by Crippen LogP contribution is -2.16. The zero-order valence-electron chi connectivity index (χ0n) is 11.9. The highest BCUT2D eigenvalue weighted by Crippen LogP contribution is 2.17. The van der Waals surface area contributed by atoms with Crippen molar-refractivity contribution in [3.8, 4) is 0 Å². The molecule has 112 valence electrons. The van der Waals surface area contributed by atoms with Gasteiger partial charge in [-0.1, -0.05) is 18.9 Å². The lowest BCUT2D eigenvalue weighted by atomic mass is 10.1. The molecule has 0 unspecified atom stereocenters. The predicted octanol–water partition coefficient (Wildman–Crippen LogP) is 4.03. The van der Waals surface area contributed by atoms with Gasteiger partial charge < -0.3 is 4.74 Å². The molecular formula is C16H19NO4. The van der Waals surface area contributed by atoms with E-state index in [9.17, 15) is 14.9 Å². The van der Waals surface area contributed by atoms with E-state index in [-0.39, 0.29) is 11.8 Å². The average molecular weight is 289 g/mol. The molecule has 5 nitrogen and oxygen atoms in total. The van der Waals surface area contributed by atoms with Crippen LogP contribution in [0.4, 0.5) is 5.69 Å². The van der Waals surface area contributed by atoms with Crippen LogP contribution in [0.5, 0.6) is 0 Å². The summed E-state index contributed by atoms with van der Waals surface area (Å²) in [5.41, 5.74) is 0.308. The highest BCUT2D eigenvalue weighted by Gasteiger charge is 2.15. The number of nitro groups is 1. The number of non-ortho nitro benzene ring substituents is 1. The van der Waals surface area contributed by atoms with Crippen molar-refractivity contribution in [3.05, 3.63) is 52.1 Å². The van der Waals surface area contributed by atoms with Gasteiger partial charge in [-0.3, -0.25) is 10.1 Å². The molecule has 1 aromatic carbocycles. The average Bonchev–Trinajstić information content (AvgIpc) is 2.61. The van der Waals surface area contributed by atoms with Gasteiger partial charge in [0.1, 0.15) is 6.10 Å². The first kappa shape index (κ1) is 15.2. The molecule has 0 aromatic heterocycles. The number of carbonyl (C=O) groups is 1. The molecule has 1 aliphatic rings. The summed E-state index contributed by atoms with van der Waals surface area (Å²) in [6.07, 6.45) is 10.3. The monoisotopic (exact) mass is 289 g/mol. The van der Waals surface area contributed by atoms with Gasteiger partial charge in [-0.2, -0.15) is 0 Å². The van der Waals surface area contributed by atoms with Crippen molar-refractivity contribution in [1.29, 1.82) is 0 Å². The summed E-state index contributed by atoms with van der Waals surface area (Å²) in [6.45, 7) is 0. The molecule has 0 saturated carbocycles. The minimum Gasteiger partial charge on any atom is -0.455 e. The molecule has 0 fully saturated rings. The second-order valence-corrected chi connectivity index (χ2v) is 5.17. The molecule has 2 rings (SSSR count). The zero-order valence-corrected chi connectivity index (χ0v) is 11.9. The van der Waals surface area contributed by atoms with Gasteiger partial charge in [0.05, 0.1) is 10.5 Å². The Morgan fingerprint density at radius 1 is 1.14 bits per heavy atom. The summed E-state index contributed by atoms with van der Waals surface area (Å²) in [5, 5.41) is 10.6. The smallest absolute Gasteiger partial charge is 0.338 e. The maximum Gasteiger partial charge on any atom is 0.338 e. The minimum atomic E-state index is -0.490. The van der Waals surface area contributed by atoms with Gasteiger partial charge in [0.25, 0.3) is 5.69 Å². The molecular weight excluding hydrogens is 270 g/mol. The van der Waals surface area contributed by atoms with Crippen LogP contribution in [0.1, 0.15) is 48.9 Å². The van der Waals surface area contributed by atoms with Gasteiger partial charge in [-0.25, -0.2) is 4.79 Å². The van der Waals surface area contributed by atoms with E-state index in [0.29, 0.717) is 5.56 Å². The largest absolute Gasteiger partial charge is 0.455 e. The summed E-state index contributed by atoms with van der Waals surface area (Å²) in [7, 11) is 0. The Morgan fingerprint density at radius 3 is 2.57 bits per heavy atom. The van der Waals surface area contributed by atoms with Crippen molar-refractivity contribution in [3.63, 3.8) is 0 Å². The van der Waals surface area contributed by atoms with Gasteiger partial charge in [-0.15, -0.1) is 0 Å². The maximum atomic E-state index is 12.1. The predicted molar refractivity (Wildman–Crippen MR) is 79.1 cm³/mol. The van der Waals surface area contributed by atoms with E-state index in [2.05, 4.69) is 6.08 Å². The molecule has 0 spiro atoms. The van der Waals surface area contributed by atoms with E-state index in [1.54, 1.807) is 0 Å². The van der Waals surface area contributed by atoms with Gasteiger partial charge in [0.15, 0.2) is 0 Å². The van der Waals surface area contributed by atoms with Crippen LogP contribution in [-0.4, -0.2) is 17.0 Å². The molecule has 21 heavy (non-hydrogen) atoms.